The zero-order chi connectivity index (χ0) is 14.5. The van der Waals surface area contributed by atoms with Crippen molar-refractivity contribution in [3.05, 3.63) is 59.4 Å². The summed E-state index contributed by atoms with van der Waals surface area (Å²) in [6.07, 6.45) is 0.107. The fourth-order valence-electron chi connectivity index (χ4n) is 1.75. The number of nitrogen functional groups attached to an aromatic ring is 1. The Morgan fingerprint density at radius 3 is 2.60 bits per heavy atom. The van der Waals surface area contributed by atoms with Crippen molar-refractivity contribution in [3.8, 4) is 6.07 Å². The fraction of sp³-hybridized carbons (Fsp3) is 0.0667. The van der Waals surface area contributed by atoms with Gasteiger partial charge in [0.2, 0.25) is 5.91 Å². The van der Waals surface area contributed by atoms with Crippen molar-refractivity contribution in [2.45, 2.75) is 6.42 Å². The summed E-state index contributed by atoms with van der Waals surface area (Å²) in [7, 11) is 0. The molecule has 2 aromatic rings. The van der Waals surface area contributed by atoms with Gasteiger partial charge in [-0.25, -0.2) is 4.39 Å². The number of nitrogens with two attached hydrogens (primary N) is 1. The van der Waals surface area contributed by atoms with E-state index in [9.17, 15) is 9.18 Å². The molecule has 0 fully saturated rings. The Labute approximate surface area is 115 Å². The summed E-state index contributed by atoms with van der Waals surface area (Å²) in [5.41, 5.74) is 7.44. The van der Waals surface area contributed by atoms with Crippen molar-refractivity contribution in [2.75, 3.05) is 11.1 Å². The first kappa shape index (κ1) is 13.6. The van der Waals surface area contributed by atoms with Crippen molar-refractivity contribution in [2.24, 2.45) is 0 Å². The Bertz CT molecular complexity index is 675. The highest BCUT2D eigenvalue weighted by atomic mass is 19.1. The van der Waals surface area contributed by atoms with Gasteiger partial charge < -0.3 is 11.1 Å². The molecular weight excluding hydrogens is 257 g/mol. The topological polar surface area (TPSA) is 78.9 Å². The van der Waals surface area contributed by atoms with Crippen molar-refractivity contribution in [3.63, 3.8) is 0 Å². The molecule has 0 heterocycles. The molecular formula is C15H12FN3O. The number of anilines is 2. The van der Waals surface area contributed by atoms with Crippen molar-refractivity contribution in [1.82, 2.24) is 0 Å². The SMILES string of the molecule is N#Cc1cc(N)ccc1NC(=O)Cc1ccc(F)cc1. The molecule has 0 aliphatic carbocycles. The Balaban J connectivity index is 2.09. The highest BCUT2D eigenvalue weighted by Gasteiger charge is 2.08. The molecule has 5 heteroatoms. The third-order valence-corrected chi connectivity index (χ3v) is 2.72. The molecule has 20 heavy (non-hydrogen) atoms. The van der Waals surface area contributed by atoms with Gasteiger partial charge in [0, 0.05) is 5.69 Å². The van der Waals surface area contributed by atoms with Gasteiger partial charge in [0.1, 0.15) is 11.9 Å². The van der Waals surface area contributed by atoms with Crippen LogP contribution in [0, 0.1) is 17.1 Å². The van der Waals surface area contributed by atoms with Crippen LogP contribution >= 0.6 is 0 Å². The van der Waals surface area contributed by atoms with Gasteiger partial charge in [0.25, 0.3) is 0 Å². The van der Waals surface area contributed by atoms with Crippen LogP contribution < -0.4 is 11.1 Å². The molecule has 0 unspecified atom stereocenters. The number of benzene rings is 2. The van der Waals surface area contributed by atoms with Crippen LogP contribution in [-0.2, 0) is 11.2 Å². The standard InChI is InChI=1S/C15H12FN3O/c16-12-3-1-10(2-4-12)7-15(20)19-14-6-5-13(18)8-11(14)9-17/h1-6,8H,7,18H2,(H,19,20). The van der Waals surface area contributed by atoms with E-state index in [2.05, 4.69) is 5.32 Å². The Kier molecular flexibility index (Phi) is 3.96. The molecule has 0 bridgehead atoms. The number of halogens is 1. The second-order valence-electron chi connectivity index (χ2n) is 4.27. The van der Waals surface area contributed by atoms with Gasteiger partial charge >= 0.3 is 0 Å². The summed E-state index contributed by atoms with van der Waals surface area (Å²) in [5.74, 6) is -0.627. The molecule has 0 radical (unpaired) electrons. The molecule has 0 saturated carbocycles. The second-order valence-corrected chi connectivity index (χ2v) is 4.27. The minimum absolute atomic E-state index is 0.107. The lowest BCUT2D eigenvalue weighted by atomic mass is 10.1. The molecule has 1 amide bonds. The Morgan fingerprint density at radius 2 is 1.95 bits per heavy atom. The molecule has 100 valence electrons. The first-order valence-electron chi connectivity index (χ1n) is 5.92. The fourth-order valence-corrected chi connectivity index (χ4v) is 1.75. The smallest absolute Gasteiger partial charge is 0.228 e. The third-order valence-electron chi connectivity index (χ3n) is 2.72. The predicted octanol–water partition coefficient (Wildman–Crippen LogP) is 2.46. The van der Waals surface area contributed by atoms with E-state index in [4.69, 9.17) is 11.0 Å². The van der Waals surface area contributed by atoms with Crippen molar-refractivity contribution in [1.29, 1.82) is 5.26 Å². The van der Waals surface area contributed by atoms with Gasteiger partial charge in [-0.2, -0.15) is 5.26 Å². The molecule has 0 atom stereocenters. The van der Waals surface area contributed by atoms with Crippen LogP contribution in [0.2, 0.25) is 0 Å². The van der Waals surface area contributed by atoms with E-state index in [0.717, 1.165) is 0 Å². The molecule has 2 aromatic carbocycles. The average molecular weight is 269 g/mol. The zero-order valence-electron chi connectivity index (χ0n) is 10.6. The lowest BCUT2D eigenvalue weighted by Gasteiger charge is -2.07. The predicted molar refractivity (Wildman–Crippen MR) is 74.3 cm³/mol. The monoisotopic (exact) mass is 269 g/mol. The molecule has 0 aliphatic rings. The number of carbonyl (C=O) groups is 1. The second kappa shape index (κ2) is 5.85. The van der Waals surface area contributed by atoms with Crippen LogP contribution in [0.15, 0.2) is 42.5 Å². The lowest BCUT2D eigenvalue weighted by Crippen LogP contribution is -2.15. The van der Waals surface area contributed by atoms with Crippen LogP contribution in [0.5, 0.6) is 0 Å². The molecule has 4 nitrogen and oxygen atoms in total. The highest BCUT2D eigenvalue weighted by Crippen LogP contribution is 2.18. The van der Waals surface area contributed by atoms with Crippen LogP contribution in [0.4, 0.5) is 15.8 Å². The Hall–Kier alpha value is -2.87. The number of nitrogens with zero attached hydrogens (tertiary/aromatic N) is 1. The lowest BCUT2D eigenvalue weighted by molar-refractivity contribution is -0.115. The number of amides is 1. The molecule has 3 N–H and O–H groups in total. The minimum atomic E-state index is -0.348. The van der Waals surface area contributed by atoms with E-state index in [-0.39, 0.29) is 18.1 Å². The molecule has 0 aliphatic heterocycles. The van der Waals surface area contributed by atoms with Crippen LogP contribution in [-0.4, -0.2) is 5.91 Å². The third kappa shape index (κ3) is 3.33. The van der Waals surface area contributed by atoms with Gasteiger partial charge in [0.05, 0.1) is 17.7 Å². The van der Waals surface area contributed by atoms with E-state index < -0.39 is 0 Å². The van der Waals surface area contributed by atoms with E-state index in [1.807, 2.05) is 6.07 Å². The van der Waals surface area contributed by atoms with Crippen LogP contribution in [0.25, 0.3) is 0 Å². The number of nitriles is 1. The van der Waals surface area contributed by atoms with Crippen molar-refractivity contribution < 1.29 is 9.18 Å². The summed E-state index contributed by atoms with van der Waals surface area (Å²) < 4.78 is 12.8. The molecule has 2 rings (SSSR count). The van der Waals surface area contributed by atoms with Gasteiger partial charge in [-0.05, 0) is 35.9 Å². The van der Waals surface area contributed by atoms with Crippen molar-refractivity contribution >= 4 is 17.3 Å². The summed E-state index contributed by atoms with van der Waals surface area (Å²) in [6, 6.07) is 12.3. The summed E-state index contributed by atoms with van der Waals surface area (Å²) >= 11 is 0. The van der Waals surface area contributed by atoms with Gasteiger partial charge in [-0.15, -0.1) is 0 Å². The largest absolute Gasteiger partial charge is 0.399 e. The quantitative estimate of drug-likeness (QED) is 0.840. The van der Waals surface area contributed by atoms with Crippen LogP contribution in [0.3, 0.4) is 0 Å². The summed E-state index contributed by atoms with van der Waals surface area (Å²) in [5, 5.41) is 11.6. The number of carbonyl (C=O) groups excluding carboxylic acids is 1. The minimum Gasteiger partial charge on any atom is -0.399 e. The normalized spacial score (nSPS) is 9.80. The van der Waals surface area contributed by atoms with E-state index in [1.165, 1.54) is 18.2 Å². The molecule has 0 spiro atoms. The summed E-state index contributed by atoms with van der Waals surface area (Å²) in [4.78, 5) is 11.9. The van der Waals surface area contributed by atoms with E-state index >= 15 is 0 Å². The first-order valence-corrected chi connectivity index (χ1v) is 5.92. The summed E-state index contributed by atoms with van der Waals surface area (Å²) in [6.45, 7) is 0. The number of hydrogen-bond donors (Lipinski definition) is 2. The number of nitrogens with one attached hydrogen (secondary N) is 1. The maximum atomic E-state index is 12.8. The highest BCUT2D eigenvalue weighted by molar-refractivity contribution is 5.93. The maximum Gasteiger partial charge on any atom is 0.228 e. The molecule has 0 aromatic heterocycles. The first-order chi connectivity index (χ1) is 9.58. The van der Waals surface area contributed by atoms with Gasteiger partial charge in [-0.1, -0.05) is 12.1 Å². The zero-order valence-corrected chi connectivity index (χ0v) is 10.6. The van der Waals surface area contributed by atoms with Crippen LogP contribution in [0.1, 0.15) is 11.1 Å². The van der Waals surface area contributed by atoms with E-state index in [1.54, 1.807) is 24.3 Å². The molecule has 0 saturated heterocycles. The Morgan fingerprint density at radius 1 is 1.25 bits per heavy atom. The van der Waals surface area contributed by atoms with Gasteiger partial charge in [0.15, 0.2) is 0 Å². The number of hydrogen-bond acceptors (Lipinski definition) is 3. The maximum absolute atomic E-state index is 12.8. The number of rotatable bonds is 3. The average Bonchev–Trinajstić information content (AvgIpc) is 2.43. The van der Waals surface area contributed by atoms with Gasteiger partial charge in [-0.3, -0.25) is 4.79 Å². The van der Waals surface area contributed by atoms with E-state index in [0.29, 0.717) is 22.5 Å².